The second-order valence-corrected chi connectivity index (χ2v) is 5.76. The van der Waals surface area contributed by atoms with Crippen LogP contribution in [0.25, 0.3) is 22.6 Å². The molecule has 0 aliphatic carbocycles. The molecule has 26 heavy (non-hydrogen) atoms. The summed E-state index contributed by atoms with van der Waals surface area (Å²) in [6.45, 7) is 1.48. The van der Waals surface area contributed by atoms with Crippen LogP contribution in [0.3, 0.4) is 0 Å². The summed E-state index contributed by atoms with van der Waals surface area (Å²) < 4.78 is 0. The van der Waals surface area contributed by atoms with E-state index in [0.29, 0.717) is 11.5 Å². The Kier molecular flexibility index (Phi) is 4.03. The highest BCUT2D eigenvalue weighted by Gasteiger charge is 2.11. The standard InChI is InChI=1S/C19H16N6O/c1-12(26)22-14-7-9-15(10-8-14)23-18-16-19(21-11-20-18)25-17(24-16)13-5-3-2-4-6-13/h2-11H,1H3,(H,22,26)(H2,20,21,23,24,25). The van der Waals surface area contributed by atoms with E-state index in [2.05, 4.69) is 30.6 Å². The molecule has 0 aliphatic heterocycles. The lowest BCUT2D eigenvalue weighted by Gasteiger charge is -2.07. The Labute approximate surface area is 149 Å². The Hall–Kier alpha value is -3.74. The maximum Gasteiger partial charge on any atom is 0.221 e. The zero-order valence-corrected chi connectivity index (χ0v) is 14.0. The number of anilines is 3. The van der Waals surface area contributed by atoms with Crippen LogP contribution in [0.4, 0.5) is 17.2 Å². The molecular formula is C19H16N6O. The van der Waals surface area contributed by atoms with E-state index < -0.39 is 0 Å². The average Bonchev–Trinajstić information content (AvgIpc) is 3.09. The third-order valence-electron chi connectivity index (χ3n) is 3.80. The van der Waals surface area contributed by atoms with Crippen molar-refractivity contribution in [3.63, 3.8) is 0 Å². The van der Waals surface area contributed by atoms with Gasteiger partial charge in [0.2, 0.25) is 5.91 Å². The molecule has 0 saturated carbocycles. The van der Waals surface area contributed by atoms with E-state index in [4.69, 9.17) is 0 Å². The third kappa shape index (κ3) is 3.23. The van der Waals surface area contributed by atoms with Crippen LogP contribution < -0.4 is 10.6 Å². The number of carbonyl (C=O) groups is 1. The maximum atomic E-state index is 11.1. The van der Waals surface area contributed by atoms with Crippen LogP contribution in [-0.4, -0.2) is 25.8 Å². The lowest BCUT2D eigenvalue weighted by molar-refractivity contribution is -0.114. The molecule has 0 radical (unpaired) electrons. The topological polar surface area (TPSA) is 95.6 Å². The normalized spacial score (nSPS) is 10.7. The van der Waals surface area contributed by atoms with Gasteiger partial charge in [0.15, 0.2) is 11.5 Å². The van der Waals surface area contributed by atoms with E-state index in [0.717, 1.165) is 28.3 Å². The number of rotatable bonds is 4. The average molecular weight is 344 g/mol. The molecule has 0 spiro atoms. The highest BCUT2D eigenvalue weighted by atomic mass is 16.1. The minimum Gasteiger partial charge on any atom is -0.338 e. The zero-order chi connectivity index (χ0) is 17.9. The summed E-state index contributed by atoms with van der Waals surface area (Å²) in [6.07, 6.45) is 1.48. The number of hydrogen-bond acceptors (Lipinski definition) is 5. The van der Waals surface area contributed by atoms with Crippen LogP contribution in [-0.2, 0) is 4.79 Å². The molecule has 0 saturated heterocycles. The second-order valence-electron chi connectivity index (χ2n) is 5.76. The molecule has 0 aliphatic rings. The number of amides is 1. The Balaban J connectivity index is 1.64. The van der Waals surface area contributed by atoms with Crippen molar-refractivity contribution in [1.29, 1.82) is 0 Å². The van der Waals surface area contributed by atoms with Crippen molar-refractivity contribution in [2.24, 2.45) is 0 Å². The van der Waals surface area contributed by atoms with E-state index >= 15 is 0 Å². The third-order valence-corrected chi connectivity index (χ3v) is 3.80. The fourth-order valence-electron chi connectivity index (χ4n) is 2.63. The summed E-state index contributed by atoms with van der Waals surface area (Å²) in [7, 11) is 0. The van der Waals surface area contributed by atoms with Crippen LogP contribution in [0, 0.1) is 0 Å². The molecule has 7 heteroatoms. The highest BCUT2D eigenvalue weighted by molar-refractivity contribution is 5.89. The van der Waals surface area contributed by atoms with E-state index in [1.807, 2.05) is 54.6 Å². The minimum atomic E-state index is -0.103. The first-order valence-corrected chi connectivity index (χ1v) is 8.10. The molecule has 2 aromatic heterocycles. The highest BCUT2D eigenvalue weighted by Crippen LogP contribution is 2.25. The summed E-state index contributed by atoms with van der Waals surface area (Å²) in [5, 5.41) is 6.00. The molecule has 4 aromatic rings. The van der Waals surface area contributed by atoms with Crippen LogP contribution in [0.1, 0.15) is 6.92 Å². The Morgan fingerprint density at radius 3 is 2.42 bits per heavy atom. The van der Waals surface area contributed by atoms with Crippen molar-refractivity contribution in [3.8, 4) is 11.4 Å². The lowest BCUT2D eigenvalue weighted by Crippen LogP contribution is -2.05. The predicted molar refractivity (Wildman–Crippen MR) is 101 cm³/mol. The monoisotopic (exact) mass is 344 g/mol. The van der Waals surface area contributed by atoms with E-state index in [1.165, 1.54) is 13.3 Å². The molecule has 2 aromatic carbocycles. The minimum absolute atomic E-state index is 0.103. The van der Waals surface area contributed by atoms with Crippen LogP contribution >= 0.6 is 0 Å². The van der Waals surface area contributed by atoms with Gasteiger partial charge >= 0.3 is 0 Å². The van der Waals surface area contributed by atoms with Gasteiger partial charge in [-0.2, -0.15) is 0 Å². The molecule has 1 amide bonds. The molecule has 0 bridgehead atoms. The van der Waals surface area contributed by atoms with Gasteiger partial charge < -0.3 is 15.6 Å². The van der Waals surface area contributed by atoms with Gasteiger partial charge in [-0.3, -0.25) is 4.79 Å². The number of nitrogens with one attached hydrogen (secondary N) is 3. The van der Waals surface area contributed by atoms with E-state index in [1.54, 1.807) is 0 Å². The Morgan fingerprint density at radius 1 is 0.962 bits per heavy atom. The van der Waals surface area contributed by atoms with Crippen molar-refractivity contribution >= 4 is 34.3 Å². The van der Waals surface area contributed by atoms with E-state index in [-0.39, 0.29) is 5.91 Å². The molecule has 7 nitrogen and oxygen atoms in total. The summed E-state index contributed by atoms with van der Waals surface area (Å²) in [4.78, 5) is 27.5. The molecule has 128 valence electrons. The summed E-state index contributed by atoms with van der Waals surface area (Å²) in [5.74, 6) is 1.27. The fraction of sp³-hybridized carbons (Fsp3) is 0.0526. The van der Waals surface area contributed by atoms with Gasteiger partial charge in [0.25, 0.3) is 0 Å². The Bertz CT molecular complexity index is 1060. The summed E-state index contributed by atoms with van der Waals surface area (Å²) >= 11 is 0. The summed E-state index contributed by atoms with van der Waals surface area (Å²) in [6, 6.07) is 17.2. The smallest absolute Gasteiger partial charge is 0.221 e. The van der Waals surface area contributed by atoms with Crippen molar-refractivity contribution in [1.82, 2.24) is 19.9 Å². The number of aromatic amines is 1. The molecule has 3 N–H and O–H groups in total. The van der Waals surface area contributed by atoms with Gasteiger partial charge in [0.05, 0.1) is 0 Å². The van der Waals surface area contributed by atoms with Crippen LogP contribution in [0.15, 0.2) is 60.9 Å². The number of nitrogens with zero attached hydrogens (tertiary/aromatic N) is 3. The molecule has 0 unspecified atom stereocenters. The van der Waals surface area contributed by atoms with Crippen molar-refractivity contribution in [2.75, 3.05) is 10.6 Å². The first kappa shape index (κ1) is 15.8. The number of hydrogen-bond donors (Lipinski definition) is 3. The predicted octanol–water partition coefficient (Wildman–Crippen LogP) is 3.72. The quantitative estimate of drug-likeness (QED) is 0.524. The fourth-order valence-corrected chi connectivity index (χ4v) is 2.63. The zero-order valence-electron chi connectivity index (χ0n) is 14.0. The summed E-state index contributed by atoms with van der Waals surface area (Å²) in [5.41, 5.74) is 3.89. The van der Waals surface area contributed by atoms with Crippen LogP contribution in [0.5, 0.6) is 0 Å². The first-order chi connectivity index (χ1) is 12.7. The van der Waals surface area contributed by atoms with Gasteiger partial charge in [-0.25, -0.2) is 15.0 Å². The second kappa shape index (κ2) is 6.64. The van der Waals surface area contributed by atoms with Gasteiger partial charge in [-0.1, -0.05) is 30.3 Å². The molecular weight excluding hydrogens is 328 g/mol. The molecule has 0 atom stereocenters. The largest absolute Gasteiger partial charge is 0.338 e. The van der Waals surface area contributed by atoms with Gasteiger partial charge in [0, 0.05) is 23.9 Å². The van der Waals surface area contributed by atoms with Crippen molar-refractivity contribution in [3.05, 3.63) is 60.9 Å². The molecule has 4 rings (SSSR count). The number of aromatic nitrogens is 4. The number of imidazole rings is 1. The maximum absolute atomic E-state index is 11.1. The molecule has 0 fully saturated rings. The van der Waals surface area contributed by atoms with Gasteiger partial charge in [-0.15, -0.1) is 0 Å². The number of H-pyrrole nitrogens is 1. The SMILES string of the molecule is CC(=O)Nc1ccc(Nc2ncnc3nc(-c4ccccc4)[nH]c23)cc1. The first-order valence-electron chi connectivity index (χ1n) is 8.10. The number of fused-ring (bicyclic) bond motifs is 1. The molecule has 2 heterocycles. The van der Waals surface area contributed by atoms with Crippen molar-refractivity contribution < 1.29 is 4.79 Å². The lowest BCUT2D eigenvalue weighted by atomic mass is 10.2. The number of benzene rings is 2. The van der Waals surface area contributed by atoms with Gasteiger partial charge in [0.1, 0.15) is 17.7 Å². The van der Waals surface area contributed by atoms with E-state index in [9.17, 15) is 4.79 Å². The Morgan fingerprint density at radius 2 is 1.69 bits per heavy atom. The number of carbonyl (C=O) groups excluding carboxylic acids is 1. The van der Waals surface area contributed by atoms with Crippen molar-refractivity contribution in [2.45, 2.75) is 6.92 Å². The van der Waals surface area contributed by atoms with Gasteiger partial charge in [-0.05, 0) is 24.3 Å². The van der Waals surface area contributed by atoms with Crippen LogP contribution in [0.2, 0.25) is 0 Å².